The molecule has 0 bridgehead atoms. The Morgan fingerprint density at radius 1 is 1.24 bits per heavy atom. The van der Waals surface area contributed by atoms with E-state index in [1.165, 1.54) is 24.3 Å². The second kappa shape index (κ2) is 8.70. The summed E-state index contributed by atoms with van der Waals surface area (Å²) in [7, 11) is 0. The summed E-state index contributed by atoms with van der Waals surface area (Å²) >= 11 is 5.97. The molecule has 3 amide bonds. The molecule has 8 nitrogen and oxygen atoms in total. The summed E-state index contributed by atoms with van der Waals surface area (Å²) in [4.78, 5) is 33.5. The number of halogens is 2. The van der Waals surface area contributed by atoms with E-state index in [-0.39, 0.29) is 17.2 Å². The zero-order valence-electron chi connectivity index (χ0n) is 14.8. The smallest absolute Gasteiger partial charge is 0.322 e. The molecule has 0 radical (unpaired) electrons. The fourth-order valence-electron chi connectivity index (χ4n) is 2.74. The largest absolute Gasteiger partial charge is 0.489 e. The first-order chi connectivity index (χ1) is 13.8. The molecule has 1 saturated heterocycles. The van der Waals surface area contributed by atoms with Gasteiger partial charge in [0.25, 0.3) is 0 Å². The Morgan fingerprint density at radius 2 is 2.00 bits per heavy atom. The molecule has 2 N–H and O–H groups in total. The molecule has 1 aliphatic rings. The van der Waals surface area contributed by atoms with Crippen molar-refractivity contribution in [3.63, 3.8) is 0 Å². The number of nitro groups is 1. The first kappa shape index (κ1) is 20.3. The number of ether oxygens (including phenoxy) is 1. The molecule has 2 aromatic rings. The summed E-state index contributed by atoms with van der Waals surface area (Å²) in [6, 6.07) is 7.45. The van der Waals surface area contributed by atoms with Crippen LogP contribution < -0.4 is 15.4 Å². The highest BCUT2D eigenvalue weighted by Crippen LogP contribution is 2.22. The third-order valence-corrected chi connectivity index (χ3v) is 4.52. The predicted octanol–water partition coefficient (Wildman–Crippen LogP) is 2.92. The lowest BCUT2D eigenvalue weighted by Gasteiger charge is -2.23. The van der Waals surface area contributed by atoms with Gasteiger partial charge in [0.05, 0.1) is 5.02 Å². The number of hydrogen-bond donors (Lipinski definition) is 2. The van der Waals surface area contributed by atoms with E-state index in [1.807, 2.05) is 5.32 Å². The molecule has 1 heterocycles. The van der Waals surface area contributed by atoms with E-state index in [4.69, 9.17) is 16.3 Å². The van der Waals surface area contributed by atoms with Crippen molar-refractivity contribution in [3.05, 3.63) is 80.6 Å². The predicted molar refractivity (Wildman–Crippen MR) is 102 cm³/mol. The third-order valence-electron chi connectivity index (χ3n) is 4.17. The number of urea groups is 1. The molecule has 10 heteroatoms. The topological polar surface area (TPSA) is 111 Å². The van der Waals surface area contributed by atoms with E-state index < -0.39 is 34.8 Å². The van der Waals surface area contributed by atoms with Gasteiger partial charge in [0.1, 0.15) is 24.2 Å². The van der Waals surface area contributed by atoms with Gasteiger partial charge in [0, 0.05) is 10.5 Å². The van der Waals surface area contributed by atoms with Crippen molar-refractivity contribution < 1.29 is 23.6 Å². The SMILES string of the molecule is O=C1NC(=O)C([N+](=O)[O-])C(/C=C\c2cccc(OCc3c(F)cccc3Cl)c2)N1. The number of benzene rings is 2. The maximum absolute atomic E-state index is 13.8. The van der Waals surface area contributed by atoms with E-state index in [0.29, 0.717) is 11.3 Å². The van der Waals surface area contributed by atoms with Crippen LogP contribution in [0.15, 0.2) is 48.5 Å². The van der Waals surface area contributed by atoms with Gasteiger partial charge < -0.3 is 10.1 Å². The summed E-state index contributed by atoms with van der Waals surface area (Å²) < 4.78 is 19.4. The molecule has 0 spiro atoms. The van der Waals surface area contributed by atoms with Crippen LogP contribution in [-0.4, -0.2) is 28.9 Å². The number of amides is 3. The standard InChI is InChI=1S/C19H15ClFN3O5/c20-14-5-2-6-15(21)13(14)10-29-12-4-1-3-11(9-12)7-8-16-17(24(27)28)18(25)23-19(26)22-16/h1-9,16-17H,10H2,(H2,22,23,25,26)/b8-7-. The lowest BCUT2D eigenvalue weighted by atomic mass is 10.0. The molecular formula is C19H15ClFN3O5. The average Bonchev–Trinajstić information content (AvgIpc) is 2.65. The molecule has 2 unspecified atom stereocenters. The molecule has 0 aliphatic carbocycles. The third kappa shape index (κ3) is 4.88. The lowest BCUT2D eigenvalue weighted by Crippen LogP contribution is -2.62. The van der Waals surface area contributed by atoms with Gasteiger partial charge >= 0.3 is 18.0 Å². The molecule has 2 atom stereocenters. The molecule has 29 heavy (non-hydrogen) atoms. The summed E-state index contributed by atoms with van der Waals surface area (Å²) in [5, 5.41) is 15.6. The Balaban J connectivity index is 1.73. The van der Waals surface area contributed by atoms with Crippen LogP contribution >= 0.6 is 11.6 Å². The van der Waals surface area contributed by atoms with Gasteiger partial charge in [0.2, 0.25) is 0 Å². The fraction of sp³-hybridized carbons (Fsp3) is 0.158. The highest BCUT2D eigenvalue weighted by Gasteiger charge is 2.43. The van der Waals surface area contributed by atoms with Gasteiger partial charge in [-0.25, -0.2) is 9.18 Å². The van der Waals surface area contributed by atoms with Crippen LogP contribution in [0.4, 0.5) is 9.18 Å². The normalized spacial score (nSPS) is 19.0. The Kier molecular flexibility index (Phi) is 6.08. The van der Waals surface area contributed by atoms with E-state index in [1.54, 1.807) is 30.3 Å². The summed E-state index contributed by atoms with van der Waals surface area (Å²) in [6.45, 7) is -0.0824. The number of hydrogen-bond acceptors (Lipinski definition) is 5. The molecule has 3 rings (SSSR count). The summed E-state index contributed by atoms with van der Waals surface area (Å²) in [5.41, 5.74) is 0.823. The van der Waals surface area contributed by atoms with E-state index in [2.05, 4.69) is 5.32 Å². The Morgan fingerprint density at radius 3 is 2.72 bits per heavy atom. The number of nitrogens with one attached hydrogen (secondary N) is 2. The van der Waals surface area contributed by atoms with Crippen molar-refractivity contribution in [2.24, 2.45) is 0 Å². The maximum atomic E-state index is 13.8. The number of imide groups is 1. The van der Waals surface area contributed by atoms with Crippen LogP contribution in [0.1, 0.15) is 11.1 Å². The minimum atomic E-state index is -1.63. The second-order valence-electron chi connectivity index (χ2n) is 6.14. The van der Waals surface area contributed by atoms with Crippen molar-refractivity contribution in [1.82, 2.24) is 10.6 Å². The molecule has 2 aromatic carbocycles. The Labute approximate surface area is 169 Å². The van der Waals surface area contributed by atoms with E-state index in [9.17, 15) is 24.1 Å². The molecule has 0 saturated carbocycles. The number of carbonyl (C=O) groups excluding carboxylic acids is 2. The van der Waals surface area contributed by atoms with Crippen LogP contribution in [0.5, 0.6) is 5.75 Å². The minimum Gasteiger partial charge on any atom is -0.489 e. The monoisotopic (exact) mass is 419 g/mol. The van der Waals surface area contributed by atoms with Crippen molar-refractivity contribution in [2.75, 3.05) is 0 Å². The number of rotatable bonds is 6. The van der Waals surface area contributed by atoms with Crippen LogP contribution in [0.2, 0.25) is 5.02 Å². The highest BCUT2D eigenvalue weighted by molar-refractivity contribution is 6.31. The van der Waals surface area contributed by atoms with Crippen LogP contribution in [0, 0.1) is 15.9 Å². The number of nitrogens with zero attached hydrogens (tertiary/aromatic N) is 1. The van der Waals surface area contributed by atoms with E-state index >= 15 is 0 Å². The highest BCUT2D eigenvalue weighted by atomic mass is 35.5. The van der Waals surface area contributed by atoms with Gasteiger partial charge in [-0.1, -0.05) is 42.0 Å². The van der Waals surface area contributed by atoms with Crippen LogP contribution in [0.3, 0.4) is 0 Å². The Bertz CT molecular complexity index is 977. The maximum Gasteiger partial charge on any atom is 0.322 e. The number of carbonyl (C=O) groups is 2. The zero-order chi connectivity index (χ0) is 21.0. The van der Waals surface area contributed by atoms with Crippen LogP contribution in [-0.2, 0) is 11.4 Å². The van der Waals surface area contributed by atoms with Gasteiger partial charge in [-0.3, -0.25) is 20.2 Å². The van der Waals surface area contributed by atoms with Gasteiger partial charge in [-0.05, 0) is 29.8 Å². The van der Waals surface area contributed by atoms with E-state index in [0.717, 1.165) is 0 Å². The van der Waals surface area contributed by atoms with Crippen molar-refractivity contribution in [1.29, 1.82) is 0 Å². The Hall–Kier alpha value is -3.46. The zero-order valence-corrected chi connectivity index (χ0v) is 15.6. The van der Waals surface area contributed by atoms with Gasteiger partial charge in [-0.15, -0.1) is 0 Å². The summed E-state index contributed by atoms with van der Waals surface area (Å²) in [5.74, 6) is -1.04. The molecule has 0 aromatic heterocycles. The fourth-order valence-corrected chi connectivity index (χ4v) is 2.96. The second-order valence-corrected chi connectivity index (χ2v) is 6.55. The van der Waals surface area contributed by atoms with Crippen molar-refractivity contribution in [2.45, 2.75) is 18.7 Å². The minimum absolute atomic E-state index is 0.0824. The van der Waals surface area contributed by atoms with Crippen molar-refractivity contribution in [3.8, 4) is 5.75 Å². The first-order valence-electron chi connectivity index (χ1n) is 8.44. The van der Waals surface area contributed by atoms with Crippen molar-refractivity contribution >= 4 is 29.6 Å². The first-order valence-corrected chi connectivity index (χ1v) is 8.82. The molecule has 150 valence electrons. The molecule has 1 aliphatic heterocycles. The average molecular weight is 420 g/mol. The lowest BCUT2D eigenvalue weighted by molar-refractivity contribution is -0.510. The van der Waals surface area contributed by atoms with Gasteiger partial charge in [-0.2, -0.15) is 0 Å². The quantitative estimate of drug-likeness (QED) is 0.552. The summed E-state index contributed by atoms with van der Waals surface area (Å²) in [6.07, 6.45) is 2.87. The molecular weight excluding hydrogens is 405 g/mol. The van der Waals surface area contributed by atoms with Crippen LogP contribution in [0.25, 0.3) is 6.08 Å². The van der Waals surface area contributed by atoms with Gasteiger partial charge in [0.15, 0.2) is 0 Å². The molecule has 1 fully saturated rings.